The van der Waals surface area contributed by atoms with Crippen LogP contribution in [0.5, 0.6) is 0 Å². The van der Waals surface area contributed by atoms with Crippen LogP contribution in [0.2, 0.25) is 0 Å². The van der Waals surface area contributed by atoms with Crippen molar-refractivity contribution in [2.45, 2.75) is 112 Å². The summed E-state index contributed by atoms with van der Waals surface area (Å²) in [6.45, 7) is 23.3. The van der Waals surface area contributed by atoms with Gasteiger partial charge in [0.25, 0.3) is 0 Å². The molecule has 0 N–H and O–H groups in total. The lowest BCUT2D eigenvalue weighted by Gasteiger charge is -2.33. The first-order valence-electron chi connectivity index (χ1n) is 21.7. The van der Waals surface area contributed by atoms with Crippen LogP contribution in [0.15, 0.2) is 96.2 Å². The van der Waals surface area contributed by atoms with E-state index in [-0.39, 0.29) is 12.0 Å². The second-order valence-corrected chi connectivity index (χ2v) is 18.7. The van der Waals surface area contributed by atoms with E-state index in [1.807, 2.05) is 0 Å². The van der Waals surface area contributed by atoms with E-state index in [1.54, 1.807) is 0 Å². The zero-order chi connectivity index (χ0) is 40.1. The van der Waals surface area contributed by atoms with Gasteiger partial charge >= 0.3 is 0 Å². The third-order valence-corrected chi connectivity index (χ3v) is 14.3. The molecule has 292 valence electrons. The topological polar surface area (TPSA) is 33.8 Å². The first-order valence-corrected chi connectivity index (χ1v) is 21.7. The van der Waals surface area contributed by atoms with E-state index < -0.39 is 0 Å². The van der Waals surface area contributed by atoms with E-state index in [0.29, 0.717) is 11.6 Å². The van der Waals surface area contributed by atoms with Crippen LogP contribution in [0.25, 0.3) is 61.5 Å². The number of rotatable bonds is 2. The maximum atomic E-state index is 7.10. The summed E-state index contributed by atoms with van der Waals surface area (Å²) in [4.78, 5) is 5.25. The fourth-order valence-corrected chi connectivity index (χ4v) is 11.5. The van der Waals surface area contributed by atoms with Crippen LogP contribution in [0.1, 0.15) is 114 Å². The summed E-state index contributed by atoms with van der Waals surface area (Å²) in [5.74, 6) is 2.25. The molecule has 0 spiro atoms. The van der Waals surface area contributed by atoms with Crippen LogP contribution in [0, 0.1) is 53.4 Å². The van der Waals surface area contributed by atoms with E-state index >= 15 is 0 Å². The fraction of sp³-hybridized carbons (Fsp3) is 0.352. The largest absolute Gasteiger partial charge is 0.437 e. The molecule has 6 heterocycles. The van der Waals surface area contributed by atoms with Gasteiger partial charge in [0.2, 0.25) is 17.1 Å². The Morgan fingerprint density at radius 1 is 0.690 bits per heavy atom. The standard InChI is InChI=1S/C54H57N3O/c1-30-13-16-41-45(24-30)46-26-38(9)56-29-37(8)44(40-22-31(2)21-32(3)23-40)27-50(56)52-39(15-20-48(46)57-28-36(7)35(6)25-49(41)57)14-17-42-43-18-19-47(55-54(43)58-53(42)52)51-33(4)11-10-12-34(51)5/h10-14,16-19,24-25,27-29,31-32,40,46,48H,9,15,20-23,26H2,1-8H3/q+2. The Hall–Kier alpha value is -5.35. The van der Waals surface area contributed by atoms with Gasteiger partial charge in [-0.05, 0) is 143 Å². The Morgan fingerprint density at radius 2 is 1.45 bits per heavy atom. The lowest BCUT2D eigenvalue weighted by atomic mass is 9.73. The molecule has 1 aliphatic carbocycles. The molecule has 4 atom stereocenters. The van der Waals surface area contributed by atoms with Crippen molar-refractivity contribution in [1.82, 2.24) is 4.98 Å². The predicted octanol–water partition coefficient (Wildman–Crippen LogP) is 13.1. The average Bonchev–Trinajstić information content (AvgIpc) is 3.55. The number of aryl methyl sites for hydroxylation is 7. The number of allylic oxidation sites excluding steroid dienone is 1. The third kappa shape index (κ3) is 5.97. The van der Waals surface area contributed by atoms with E-state index in [1.165, 1.54) is 97.4 Å². The van der Waals surface area contributed by atoms with Crippen molar-refractivity contribution in [1.29, 1.82) is 0 Å². The monoisotopic (exact) mass is 763 g/mol. The van der Waals surface area contributed by atoms with Gasteiger partial charge in [-0.15, -0.1) is 0 Å². The molecule has 1 saturated carbocycles. The number of furan rings is 1. The molecule has 7 aromatic rings. The molecule has 4 nitrogen and oxygen atoms in total. The molecule has 4 aromatic heterocycles. The highest BCUT2D eigenvalue weighted by Gasteiger charge is 2.43. The second-order valence-electron chi connectivity index (χ2n) is 18.7. The number of hydrogen-bond donors (Lipinski definition) is 0. The second kappa shape index (κ2) is 13.9. The maximum Gasteiger partial charge on any atom is 0.227 e. The lowest BCUT2D eigenvalue weighted by molar-refractivity contribution is -0.719. The molecule has 0 saturated heterocycles. The Kier molecular flexibility index (Phi) is 8.85. The van der Waals surface area contributed by atoms with Crippen LogP contribution in [-0.2, 0) is 6.42 Å². The van der Waals surface area contributed by atoms with Gasteiger partial charge in [0.05, 0.1) is 17.2 Å². The van der Waals surface area contributed by atoms with Gasteiger partial charge in [-0.25, -0.2) is 4.98 Å². The van der Waals surface area contributed by atoms with Crippen LogP contribution >= 0.6 is 0 Å². The van der Waals surface area contributed by atoms with Gasteiger partial charge in [-0.1, -0.05) is 61.9 Å². The number of fused-ring (bicyclic) bond motifs is 13. The first kappa shape index (κ1) is 37.0. The number of benzene rings is 3. The summed E-state index contributed by atoms with van der Waals surface area (Å²) in [5.41, 5.74) is 22.0. The molecule has 2 aliphatic heterocycles. The summed E-state index contributed by atoms with van der Waals surface area (Å²) in [6, 6.07) is 27.9. The van der Waals surface area contributed by atoms with Crippen molar-refractivity contribution in [3.63, 3.8) is 0 Å². The van der Waals surface area contributed by atoms with Gasteiger partial charge in [-0.3, -0.25) is 0 Å². The summed E-state index contributed by atoms with van der Waals surface area (Å²) < 4.78 is 12.2. The number of nitrogens with zero attached hydrogens (tertiary/aromatic N) is 3. The Balaban J connectivity index is 1.22. The van der Waals surface area contributed by atoms with Crippen molar-refractivity contribution in [2.75, 3.05) is 0 Å². The molecule has 10 rings (SSSR count). The van der Waals surface area contributed by atoms with Gasteiger partial charge in [-0.2, -0.15) is 9.13 Å². The summed E-state index contributed by atoms with van der Waals surface area (Å²) in [7, 11) is 0. The summed E-state index contributed by atoms with van der Waals surface area (Å²) in [5, 5.41) is 2.18. The van der Waals surface area contributed by atoms with Crippen LogP contribution in [0.4, 0.5) is 0 Å². The number of hydrogen-bond acceptors (Lipinski definition) is 2. The Bertz CT molecular complexity index is 2810. The molecule has 0 amide bonds. The molecule has 0 radical (unpaired) electrons. The minimum absolute atomic E-state index is 0.272. The van der Waals surface area contributed by atoms with Crippen LogP contribution in [-0.4, -0.2) is 4.98 Å². The summed E-state index contributed by atoms with van der Waals surface area (Å²) in [6.07, 6.45) is 11.4. The zero-order valence-electron chi connectivity index (χ0n) is 35.7. The number of pyridine rings is 3. The quantitative estimate of drug-likeness (QED) is 0.164. The van der Waals surface area contributed by atoms with Crippen LogP contribution < -0.4 is 9.13 Å². The van der Waals surface area contributed by atoms with Gasteiger partial charge < -0.3 is 4.42 Å². The highest BCUT2D eigenvalue weighted by Crippen LogP contribution is 2.48. The average molecular weight is 764 g/mol. The lowest BCUT2D eigenvalue weighted by Crippen LogP contribution is -2.49. The molecular formula is C54H57N3O+2. The molecule has 0 bridgehead atoms. The zero-order valence-corrected chi connectivity index (χ0v) is 35.7. The molecule has 3 aliphatic rings. The minimum atomic E-state index is 0.272. The van der Waals surface area contributed by atoms with E-state index in [2.05, 4.69) is 150 Å². The van der Waals surface area contributed by atoms with Crippen LogP contribution in [0.3, 0.4) is 0 Å². The smallest absolute Gasteiger partial charge is 0.227 e. The minimum Gasteiger partial charge on any atom is -0.437 e. The van der Waals surface area contributed by atoms with Crippen molar-refractivity contribution >= 4 is 27.8 Å². The van der Waals surface area contributed by atoms with Gasteiger partial charge in [0, 0.05) is 58.0 Å². The highest BCUT2D eigenvalue weighted by atomic mass is 16.3. The highest BCUT2D eigenvalue weighted by molar-refractivity contribution is 6.09. The normalized spacial score (nSPS) is 21.6. The molecular weight excluding hydrogens is 707 g/mol. The van der Waals surface area contributed by atoms with E-state index in [9.17, 15) is 0 Å². The Morgan fingerprint density at radius 3 is 2.22 bits per heavy atom. The fourth-order valence-electron chi connectivity index (χ4n) is 11.5. The van der Waals surface area contributed by atoms with Crippen molar-refractivity contribution in [2.24, 2.45) is 11.8 Å². The molecule has 58 heavy (non-hydrogen) atoms. The van der Waals surface area contributed by atoms with Crippen molar-refractivity contribution < 1.29 is 13.6 Å². The van der Waals surface area contributed by atoms with Crippen molar-refractivity contribution in [3.8, 4) is 33.8 Å². The van der Waals surface area contributed by atoms with E-state index in [0.717, 1.165) is 58.8 Å². The van der Waals surface area contributed by atoms with Crippen molar-refractivity contribution in [3.05, 3.63) is 142 Å². The number of aromatic nitrogens is 3. The SMILES string of the molecule is C=C1CC2c3cc(C)ccc3-c3cc(C)c(C)c[n+]3C2CCc2ccc3c(oc4nc(-c5c(C)cccc5C)ccc43)c2-c2cc(C3CC(C)CC(C)C3)c(C)c[n+]21. The van der Waals surface area contributed by atoms with Gasteiger partial charge in [0.1, 0.15) is 0 Å². The maximum absolute atomic E-state index is 7.10. The molecule has 4 heteroatoms. The molecule has 4 unspecified atom stereocenters. The summed E-state index contributed by atoms with van der Waals surface area (Å²) >= 11 is 0. The first-order chi connectivity index (χ1) is 27.9. The molecule has 3 aromatic carbocycles. The predicted molar refractivity (Wildman–Crippen MR) is 238 cm³/mol. The Labute approximate surface area is 344 Å². The van der Waals surface area contributed by atoms with E-state index in [4.69, 9.17) is 16.0 Å². The van der Waals surface area contributed by atoms with Gasteiger partial charge in [0.15, 0.2) is 29.7 Å². The third-order valence-electron chi connectivity index (χ3n) is 14.3. The molecule has 1 fully saturated rings.